The summed E-state index contributed by atoms with van der Waals surface area (Å²) in [5.41, 5.74) is 7.00. The summed E-state index contributed by atoms with van der Waals surface area (Å²) < 4.78 is 27.5. The third kappa shape index (κ3) is 2.97. The van der Waals surface area contributed by atoms with Gasteiger partial charge in [0.25, 0.3) is 0 Å². The van der Waals surface area contributed by atoms with Crippen molar-refractivity contribution < 1.29 is 8.42 Å². The molecule has 0 heterocycles. The van der Waals surface area contributed by atoms with Crippen molar-refractivity contribution in [1.29, 1.82) is 0 Å². The van der Waals surface area contributed by atoms with Gasteiger partial charge in [0.05, 0.1) is 4.90 Å². The van der Waals surface area contributed by atoms with Crippen molar-refractivity contribution in [2.24, 2.45) is 0 Å². The van der Waals surface area contributed by atoms with Crippen molar-refractivity contribution in [1.82, 2.24) is 9.62 Å². The summed E-state index contributed by atoms with van der Waals surface area (Å²) in [6.07, 6.45) is 3.20. The number of anilines is 1. The Labute approximate surface area is 121 Å². The number of rotatable bonds is 5. The van der Waals surface area contributed by atoms with E-state index in [1.807, 2.05) is 21.0 Å². The summed E-state index contributed by atoms with van der Waals surface area (Å²) >= 11 is 0. The van der Waals surface area contributed by atoms with Crippen LogP contribution < -0.4 is 10.5 Å². The fourth-order valence-corrected chi connectivity index (χ4v) is 3.87. The zero-order valence-corrected chi connectivity index (χ0v) is 13.1. The third-order valence-corrected chi connectivity index (χ3v) is 5.59. The minimum absolute atomic E-state index is 0.0392. The van der Waals surface area contributed by atoms with E-state index < -0.39 is 10.0 Å². The summed E-state index contributed by atoms with van der Waals surface area (Å²) in [7, 11) is 0.491. The van der Waals surface area contributed by atoms with Crippen LogP contribution in [0.2, 0.25) is 0 Å². The highest BCUT2D eigenvalue weighted by Gasteiger charge is 2.39. The predicted molar refractivity (Wildman–Crippen MR) is 81.0 cm³/mol. The van der Waals surface area contributed by atoms with Crippen molar-refractivity contribution in [3.05, 3.63) is 23.8 Å². The second-order valence-corrected chi connectivity index (χ2v) is 7.64. The first-order valence-corrected chi connectivity index (χ1v) is 8.28. The Morgan fingerprint density at radius 3 is 2.40 bits per heavy atom. The van der Waals surface area contributed by atoms with E-state index in [1.165, 1.54) is 6.07 Å². The van der Waals surface area contributed by atoms with Crippen molar-refractivity contribution in [2.75, 3.05) is 26.4 Å². The highest BCUT2D eigenvalue weighted by molar-refractivity contribution is 7.89. The number of hydrogen-bond acceptors (Lipinski definition) is 4. The Morgan fingerprint density at radius 2 is 1.95 bits per heavy atom. The molecule has 0 amide bonds. The molecule has 0 aliphatic heterocycles. The molecule has 20 heavy (non-hydrogen) atoms. The first-order valence-electron chi connectivity index (χ1n) is 6.79. The number of nitrogen functional groups attached to an aromatic ring is 1. The Bertz CT molecular complexity index is 572. The lowest BCUT2D eigenvalue weighted by Crippen LogP contribution is -2.57. The second-order valence-electron chi connectivity index (χ2n) is 5.88. The zero-order chi connectivity index (χ0) is 15.0. The molecule has 6 heteroatoms. The van der Waals surface area contributed by atoms with E-state index in [9.17, 15) is 8.42 Å². The molecule has 0 atom stereocenters. The largest absolute Gasteiger partial charge is 0.399 e. The van der Waals surface area contributed by atoms with Crippen LogP contribution in [-0.2, 0) is 10.0 Å². The van der Waals surface area contributed by atoms with E-state index >= 15 is 0 Å². The first-order chi connectivity index (χ1) is 9.25. The predicted octanol–water partition coefficient (Wildman–Crippen LogP) is 1.34. The Balaban J connectivity index is 2.15. The average molecular weight is 297 g/mol. The topological polar surface area (TPSA) is 75.4 Å². The van der Waals surface area contributed by atoms with E-state index in [0.29, 0.717) is 12.2 Å². The molecule has 112 valence electrons. The van der Waals surface area contributed by atoms with Crippen LogP contribution in [0.4, 0.5) is 5.69 Å². The number of likely N-dealkylation sites (N-methyl/N-ethyl adjacent to an activating group) is 1. The molecule has 0 radical (unpaired) electrons. The molecule has 0 saturated heterocycles. The van der Waals surface area contributed by atoms with Crippen LogP contribution in [0, 0.1) is 6.92 Å². The number of aryl methyl sites for hydroxylation is 1. The van der Waals surface area contributed by atoms with Gasteiger partial charge in [0.15, 0.2) is 0 Å². The number of nitrogens with two attached hydrogens (primary N) is 1. The van der Waals surface area contributed by atoms with Crippen LogP contribution >= 0.6 is 0 Å². The molecule has 1 aromatic rings. The van der Waals surface area contributed by atoms with Crippen LogP contribution in [0.3, 0.4) is 0 Å². The maximum atomic E-state index is 12.4. The lowest BCUT2D eigenvalue weighted by molar-refractivity contribution is 0.0657. The lowest BCUT2D eigenvalue weighted by atomic mass is 9.76. The molecule has 1 fully saturated rings. The van der Waals surface area contributed by atoms with Crippen LogP contribution in [0.15, 0.2) is 23.1 Å². The maximum absolute atomic E-state index is 12.4. The molecule has 0 aromatic heterocycles. The van der Waals surface area contributed by atoms with Crippen molar-refractivity contribution >= 4 is 15.7 Å². The van der Waals surface area contributed by atoms with Gasteiger partial charge >= 0.3 is 0 Å². The van der Waals surface area contributed by atoms with E-state index in [0.717, 1.165) is 24.8 Å². The second kappa shape index (κ2) is 5.35. The Morgan fingerprint density at radius 1 is 1.30 bits per heavy atom. The standard InChI is InChI=1S/C14H23N3O2S/c1-11-7-12(15)9-13(8-11)20(18,19)16-10-14(17(2)3)5-4-6-14/h7-9,16H,4-6,10,15H2,1-3H3. The van der Waals surface area contributed by atoms with E-state index in [2.05, 4.69) is 9.62 Å². The summed E-state index contributed by atoms with van der Waals surface area (Å²) in [5, 5.41) is 0. The van der Waals surface area contributed by atoms with Crippen LogP contribution in [-0.4, -0.2) is 39.5 Å². The minimum Gasteiger partial charge on any atom is -0.399 e. The number of nitrogens with zero attached hydrogens (tertiary/aromatic N) is 1. The normalized spacial score (nSPS) is 18.0. The quantitative estimate of drug-likeness (QED) is 0.804. The van der Waals surface area contributed by atoms with Gasteiger partial charge in [0.2, 0.25) is 10.0 Å². The highest BCUT2D eigenvalue weighted by Crippen LogP contribution is 2.35. The van der Waals surface area contributed by atoms with E-state index in [-0.39, 0.29) is 10.4 Å². The molecule has 2 rings (SSSR count). The molecule has 0 unspecified atom stereocenters. The molecule has 5 nitrogen and oxygen atoms in total. The third-order valence-electron chi connectivity index (χ3n) is 4.21. The SMILES string of the molecule is Cc1cc(N)cc(S(=O)(=O)NCC2(N(C)C)CCC2)c1. The fraction of sp³-hybridized carbons (Fsp3) is 0.571. The molecular weight excluding hydrogens is 274 g/mol. The minimum atomic E-state index is -3.50. The van der Waals surface area contributed by atoms with Crippen LogP contribution in [0.25, 0.3) is 0 Å². The Kier molecular flexibility index (Phi) is 4.09. The molecule has 1 aliphatic carbocycles. The van der Waals surface area contributed by atoms with Gasteiger partial charge < -0.3 is 10.6 Å². The van der Waals surface area contributed by atoms with Crippen molar-refractivity contribution in [3.63, 3.8) is 0 Å². The lowest BCUT2D eigenvalue weighted by Gasteiger charge is -2.47. The van der Waals surface area contributed by atoms with Gasteiger partial charge in [-0.05, 0) is 64.0 Å². The molecule has 0 spiro atoms. The monoisotopic (exact) mass is 297 g/mol. The molecular formula is C14H23N3O2S. The number of sulfonamides is 1. The smallest absolute Gasteiger partial charge is 0.240 e. The summed E-state index contributed by atoms with van der Waals surface area (Å²) in [4.78, 5) is 2.35. The van der Waals surface area contributed by atoms with E-state index in [4.69, 9.17) is 5.73 Å². The van der Waals surface area contributed by atoms with Crippen molar-refractivity contribution in [3.8, 4) is 0 Å². The number of nitrogens with one attached hydrogen (secondary N) is 1. The average Bonchev–Trinajstić information content (AvgIpc) is 2.25. The molecule has 1 aliphatic rings. The fourth-order valence-electron chi connectivity index (χ4n) is 2.61. The summed E-state index contributed by atoms with van der Waals surface area (Å²) in [6, 6.07) is 4.90. The van der Waals surface area contributed by atoms with Crippen LogP contribution in [0.1, 0.15) is 24.8 Å². The first kappa shape index (κ1) is 15.3. The number of benzene rings is 1. The Hall–Kier alpha value is -1.11. The summed E-state index contributed by atoms with van der Waals surface area (Å²) in [6.45, 7) is 2.28. The molecule has 1 saturated carbocycles. The van der Waals surface area contributed by atoms with Gasteiger partial charge in [0, 0.05) is 17.8 Å². The molecule has 1 aromatic carbocycles. The highest BCUT2D eigenvalue weighted by atomic mass is 32.2. The number of hydrogen-bond donors (Lipinski definition) is 2. The molecule has 3 N–H and O–H groups in total. The maximum Gasteiger partial charge on any atom is 0.240 e. The van der Waals surface area contributed by atoms with Gasteiger partial charge in [-0.15, -0.1) is 0 Å². The zero-order valence-electron chi connectivity index (χ0n) is 12.3. The van der Waals surface area contributed by atoms with Gasteiger partial charge in [-0.2, -0.15) is 0 Å². The van der Waals surface area contributed by atoms with E-state index in [1.54, 1.807) is 12.1 Å². The molecule has 0 bridgehead atoms. The van der Waals surface area contributed by atoms with Gasteiger partial charge in [-0.25, -0.2) is 13.1 Å². The van der Waals surface area contributed by atoms with Crippen molar-refractivity contribution in [2.45, 2.75) is 36.6 Å². The summed E-state index contributed by atoms with van der Waals surface area (Å²) in [5.74, 6) is 0. The van der Waals surface area contributed by atoms with Gasteiger partial charge in [-0.1, -0.05) is 0 Å². The van der Waals surface area contributed by atoms with Crippen LogP contribution in [0.5, 0.6) is 0 Å². The van der Waals surface area contributed by atoms with Gasteiger partial charge in [0.1, 0.15) is 0 Å². The van der Waals surface area contributed by atoms with Gasteiger partial charge in [-0.3, -0.25) is 0 Å².